The molecule has 0 saturated carbocycles. The Kier molecular flexibility index (Phi) is 5.44. The van der Waals surface area contributed by atoms with Gasteiger partial charge in [-0.1, -0.05) is 17.7 Å². The third kappa shape index (κ3) is 4.19. The summed E-state index contributed by atoms with van der Waals surface area (Å²) in [5, 5.41) is 8.09. The molecule has 0 radical (unpaired) electrons. The minimum absolute atomic E-state index is 0.0173. The van der Waals surface area contributed by atoms with Crippen molar-refractivity contribution in [2.24, 2.45) is 0 Å². The van der Waals surface area contributed by atoms with Crippen LogP contribution >= 0.6 is 0 Å². The smallest absolute Gasteiger partial charge is 0.256 e. The predicted molar refractivity (Wildman–Crippen MR) is 129 cm³/mol. The van der Waals surface area contributed by atoms with Crippen molar-refractivity contribution in [2.45, 2.75) is 26.3 Å². The van der Waals surface area contributed by atoms with E-state index in [-0.39, 0.29) is 29.3 Å². The van der Waals surface area contributed by atoms with E-state index in [9.17, 15) is 17.6 Å². The minimum atomic E-state index is -3.15. The van der Waals surface area contributed by atoms with E-state index in [2.05, 4.69) is 10.4 Å². The molecule has 1 aliphatic heterocycles. The van der Waals surface area contributed by atoms with Crippen LogP contribution in [0.1, 0.15) is 34.1 Å². The van der Waals surface area contributed by atoms with E-state index in [1.165, 1.54) is 12.1 Å². The first kappa shape index (κ1) is 22.2. The van der Waals surface area contributed by atoms with Crippen LogP contribution in [-0.4, -0.2) is 40.6 Å². The number of nitrogens with zero attached hydrogens (tertiary/aromatic N) is 3. The highest BCUT2D eigenvalue weighted by Gasteiger charge is 2.32. The van der Waals surface area contributed by atoms with Crippen LogP contribution < -0.4 is 5.32 Å². The summed E-state index contributed by atoms with van der Waals surface area (Å²) in [7, 11) is -3.15. The lowest BCUT2D eigenvalue weighted by Crippen LogP contribution is -2.15. The fourth-order valence-electron chi connectivity index (χ4n) is 4.32. The maximum Gasteiger partial charge on any atom is 0.256 e. The Bertz CT molecular complexity index is 1510. The summed E-state index contributed by atoms with van der Waals surface area (Å²) in [6.07, 6.45) is 0.436. The van der Waals surface area contributed by atoms with Crippen LogP contribution in [0.25, 0.3) is 22.3 Å². The standard InChI is InChI=1S/C25H23FN4O3S/c1-15-3-9-19(10-4-15)27-25(31)21-13-22(17-5-7-18(26)8-6-17)28-24-23(21)16(2)29-30(24)20-11-12-34(32,33)14-20/h3-10,13,20H,11-12,14H2,1-2H3,(H,27,31)/t20-/m1/s1. The van der Waals surface area contributed by atoms with Gasteiger partial charge in [-0.25, -0.2) is 22.5 Å². The molecule has 1 aliphatic rings. The molecule has 9 heteroatoms. The number of benzene rings is 2. The molecule has 2 aromatic heterocycles. The van der Waals surface area contributed by atoms with E-state index < -0.39 is 9.84 Å². The lowest BCUT2D eigenvalue weighted by Gasteiger charge is -2.12. The fourth-order valence-corrected chi connectivity index (χ4v) is 6.01. The number of amides is 1. The summed E-state index contributed by atoms with van der Waals surface area (Å²) in [6, 6.07) is 14.6. The number of nitrogens with one attached hydrogen (secondary N) is 1. The van der Waals surface area contributed by atoms with E-state index in [1.807, 2.05) is 31.2 Å². The number of pyridine rings is 1. The summed E-state index contributed by atoms with van der Waals surface area (Å²) in [4.78, 5) is 18.2. The van der Waals surface area contributed by atoms with Gasteiger partial charge in [0.05, 0.1) is 39.9 Å². The number of anilines is 1. The predicted octanol–water partition coefficient (Wildman–Crippen LogP) is 4.47. The van der Waals surface area contributed by atoms with Crippen molar-refractivity contribution in [3.05, 3.63) is 77.2 Å². The summed E-state index contributed by atoms with van der Waals surface area (Å²) in [5.74, 6) is -0.631. The van der Waals surface area contributed by atoms with E-state index in [4.69, 9.17) is 4.98 Å². The highest BCUT2D eigenvalue weighted by molar-refractivity contribution is 7.91. The van der Waals surface area contributed by atoms with Gasteiger partial charge in [-0.2, -0.15) is 5.10 Å². The summed E-state index contributed by atoms with van der Waals surface area (Å²) >= 11 is 0. The van der Waals surface area contributed by atoms with E-state index in [0.717, 1.165) is 5.56 Å². The van der Waals surface area contributed by atoms with E-state index in [0.29, 0.717) is 45.7 Å². The van der Waals surface area contributed by atoms with Gasteiger partial charge >= 0.3 is 0 Å². The normalized spacial score (nSPS) is 17.2. The molecule has 0 unspecified atom stereocenters. The third-order valence-corrected chi connectivity index (χ3v) is 7.84. The Labute approximate surface area is 196 Å². The fraction of sp³-hybridized carbons (Fsp3) is 0.240. The molecule has 0 aliphatic carbocycles. The van der Waals surface area contributed by atoms with Crippen LogP contribution in [0.2, 0.25) is 0 Å². The first-order valence-corrected chi connectivity index (χ1v) is 12.8. The molecule has 1 atom stereocenters. The number of fused-ring (bicyclic) bond motifs is 1. The van der Waals surface area contributed by atoms with Crippen molar-refractivity contribution in [3.8, 4) is 11.3 Å². The maximum absolute atomic E-state index is 13.5. The molecule has 0 bridgehead atoms. The van der Waals surface area contributed by atoms with Crippen molar-refractivity contribution in [1.29, 1.82) is 0 Å². The molecule has 1 amide bonds. The topological polar surface area (TPSA) is 93.9 Å². The number of aromatic nitrogens is 3. The zero-order chi connectivity index (χ0) is 24.0. The molecule has 5 rings (SSSR count). The lowest BCUT2D eigenvalue weighted by atomic mass is 10.0. The van der Waals surface area contributed by atoms with Crippen LogP contribution in [0.15, 0.2) is 54.6 Å². The number of carbonyl (C=O) groups excluding carboxylic acids is 1. The van der Waals surface area contributed by atoms with Crippen LogP contribution in [0.3, 0.4) is 0 Å². The number of halogens is 1. The molecular formula is C25H23FN4O3S. The molecule has 1 N–H and O–H groups in total. The van der Waals surface area contributed by atoms with Gasteiger partial charge in [0.1, 0.15) is 5.82 Å². The largest absolute Gasteiger partial charge is 0.322 e. The SMILES string of the molecule is Cc1ccc(NC(=O)c2cc(-c3ccc(F)cc3)nc3c2c(C)nn3[C@@H]2CCS(=O)(=O)C2)cc1. The molecule has 174 valence electrons. The Hall–Kier alpha value is -3.59. The second-order valence-electron chi connectivity index (χ2n) is 8.67. The van der Waals surface area contributed by atoms with Gasteiger partial charge in [0.2, 0.25) is 0 Å². The van der Waals surface area contributed by atoms with Crippen molar-refractivity contribution < 1.29 is 17.6 Å². The summed E-state index contributed by atoms with van der Waals surface area (Å²) < 4.78 is 39.4. The van der Waals surface area contributed by atoms with Gasteiger partial charge in [0, 0.05) is 11.3 Å². The molecule has 0 spiro atoms. The number of aryl methyl sites for hydroxylation is 2. The van der Waals surface area contributed by atoms with Gasteiger partial charge in [0.25, 0.3) is 5.91 Å². The Morgan fingerprint density at radius 2 is 1.79 bits per heavy atom. The Morgan fingerprint density at radius 1 is 1.09 bits per heavy atom. The molecule has 3 heterocycles. The minimum Gasteiger partial charge on any atom is -0.322 e. The van der Waals surface area contributed by atoms with E-state index >= 15 is 0 Å². The van der Waals surface area contributed by atoms with Crippen LogP contribution in [0.5, 0.6) is 0 Å². The zero-order valence-corrected chi connectivity index (χ0v) is 19.6. The first-order valence-electron chi connectivity index (χ1n) is 10.9. The van der Waals surface area contributed by atoms with Crippen LogP contribution in [0, 0.1) is 19.7 Å². The number of carbonyl (C=O) groups is 1. The molecule has 1 fully saturated rings. The maximum atomic E-state index is 13.5. The average molecular weight is 479 g/mol. The molecule has 4 aromatic rings. The van der Waals surface area contributed by atoms with Gasteiger partial charge < -0.3 is 5.32 Å². The number of rotatable bonds is 4. The third-order valence-electron chi connectivity index (χ3n) is 6.09. The summed E-state index contributed by atoms with van der Waals surface area (Å²) in [6.45, 7) is 3.75. The van der Waals surface area contributed by atoms with Crippen molar-refractivity contribution in [3.63, 3.8) is 0 Å². The molecule has 2 aromatic carbocycles. The van der Waals surface area contributed by atoms with Gasteiger partial charge in [0.15, 0.2) is 15.5 Å². The van der Waals surface area contributed by atoms with Crippen molar-refractivity contribution in [2.75, 3.05) is 16.8 Å². The second kappa shape index (κ2) is 8.32. The molecular weight excluding hydrogens is 455 g/mol. The lowest BCUT2D eigenvalue weighted by molar-refractivity contribution is 0.102. The molecule has 1 saturated heterocycles. The van der Waals surface area contributed by atoms with Gasteiger partial charge in [-0.15, -0.1) is 0 Å². The zero-order valence-electron chi connectivity index (χ0n) is 18.7. The summed E-state index contributed by atoms with van der Waals surface area (Å²) in [5.41, 5.74) is 4.24. The van der Waals surface area contributed by atoms with Gasteiger partial charge in [-0.05, 0) is 62.7 Å². The van der Waals surface area contributed by atoms with Crippen LogP contribution in [-0.2, 0) is 9.84 Å². The highest BCUT2D eigenvalue weighted by Crippen LogP contribution is 2.32. The Balaban J connectivity index is 1.67. The highest BCUT2D eigenvalue weighted by atomic mass is 32.2. The monoisotopic (exact) mass is 478 g/mol. The quantitative estimate of drug-likeness (QED) is 0.467. The van der Waals surface area contributed by atoms with E-state index in [1.54, 1.807) is 29.8 Å². The molecule has 34 heavy (non-hydrogen) atoms. The Morgan fingerprint density at radius 3 is 2.44 bits per heavy atom. The molecule has 7 nitrogen and oxygen atoms in total. The second-order valence-corrected chi connectivity index (χ2v) is 10.9. The first-order chi connectivity index (χ1) is 16.2. The number of hydrogen-bond donors (Lipinski definition) is 1. The van der Waals surface area contributed by atoms with Crippen LogP contribution in [0.4, 0.5) is 10.1 Å². The number of sulfone groups is 1. The van der Waals surface area contributed by atoms with Gasteiger partial charge in [-0.3, -0.25) is 4.79 Å². The van der Waals surface area contributed by atoms with Crippen molar-refractivity contribution in [1.82, 2.24) is 14.8 Å². The average Bonchev–Trinajstić information content (AvgIpc) is 3.34. The number of hydrogen-bond acceptors (Lipinski definition) is 5. The van der Waals surface area contributed by atoms with Crippen molar-refractivity contribution >= 4 is 32.5 Å².